The van der Waals surface area contributed by atoms with Crippen molar-refractivity contribution in [1.29, 1.82) is 0 Å². The molecule has 0 aliphatic rings. The molecule has 0 bridgehead atoms. The molecule has 0 spiro atoms. The first-order valence-corrected chi connectivity index (χ1v) is 6.71. The average Bonchev–Trinajstić information content (AvgIpc) is 2.65. The summed E-state index contributed by atoms with van der Waals surface area (Å²) in [5.74, 6) is 0.516. The summed E-state index contributed by atoms with van der Waals surface area (Å²) in [5.41, 5.74) is 5.86. The van der Waals surface area contributed by atoms with Crippen LogP contribution in [0.15, 0.2) is 22.5 Å². The summed E-state index contributed by atoms with van der Waals surface area (Å²) in [4.78, 5) is 5.76. The van der Waals surface area contributed by atoms with Crippen molar-refractivity contribution < 1.29 is 0 Å². The first-order chi connectivity index (χ1) is 7.71. The van der Waals surface area contributed by atoms with Gasteiger partial charge in [0.05, 0.1) is 6.54 Å². The summed E-state index contributed by atoms with van der Waals surface area (Å²) in [6.07, 6.45) is 0. The molecule has 3 nitrogen and oxygen atoms in total. The van der Waals surface area contributed by atoms with Gasteiger partial charge in [0, 0.05) is 15.8 Å². The number of nitrogens with zero attached hydrogens (tertiary/aromatic N) is 1. The van der Waals surface area contributed by atoms with Gasteiger partial charge in [-0.15, -0.1) is 35.3 Å². The van der Waals surface area contributed by atoms with E-state index in [-0.39, 0.29) is 34.9 Å². The quantitative estimate of drug-likeness (QED) is 0.479. The molecule has 18 heavy (non-hydrogen) atoms. The largest absolute Gasteiger partial charge is 0.370 e. The molecule has 1 aromatic rings. The van der Waals surface area contributed by atoms with Crippen molar-refractivity contribution in [3.05, 3.63) is 22.4 Å². The monoisotopic (exact) mass is 381 g/mol. The van der Waals surface area contributed by atoms with E-state index in [9.17, 15) is 0 Å². The number of hydrogen-bond donors (Lipinski definition) is 2. The molecule has 0 fully saturated rings. The van der Waals surface area contributed by atoms with Crippen LogP contribution in [0.25, 0.3) is 0 Å². The lowest BCUT2D eigenvalue weighted by molar-refractivity contribution is 0.502. The zero-order valence-electron chi connectivity index (χ0n) is 11.8. The van der Waals surface area contributed by atoms with E-state index in [0.29, 0.717) is 12.5 Å². The third kappa shape index (κ3) is 6.04. The van der Waals surface area contributed by atoms with Crippen LogP contribution in [0, 0.1) is 0 Å². The molecule has 0 amide bonds. The van der Waals surface area contributed by atoms with Gasteiger partial charge < -0.3 is 11.1 Å². The maximum Gasteiger partial charge on any atom is 0.189 e. The van der Waals surface area contributed by atoms with Crippen LogP contribution in [0.1, 0.15) is 39.5 Å². The predicted molar refractivity (Wildman–Crippen MR) is 92.1 cm³/mol. The molecule has 5 heteroatoms. The van der Waals surface area contributed by atoms with Crippen molar-refractivity contribution >= 4 is 41.3 Å². The van der Waals surface area contributed by atoms with E-state index in [2.05, 4.69) is 62.4 Å². The van der Waals surface area contributed by atoms with Gasteiger partial charge in [0.1, 0.15) is 0 Å². The molecular formula is C13H24IN3S. The zero-order chi connectivity index (χ0) is 13.1. The Morgan fingerprint density at radius 3 is 2.39 bits per heavy atom. The number of halogens is 1. The van der Waals surface area contributed by atoms with E-state index in [0.717, 1.165) is 0 Å². The van der Waals surface area contributed by atoms with Crippen LogP contribution in [-0.4, -0.2) is 18.0 Å². The highest BCUT2D eigenvalue weighted by Crippen LogP contribution is 2.27. The topological polar surface area (TPSA) is 50.4 Å². The molecule has 1 rings (SSSR count). The second-order valence-electron chi connectivity index (χ2n) is 5.94. The second-order valence-corrected chi connectivity index (χ2v) is 6.89. The van der Waals surface area contributed by atoms with Gasteiger partial charge in [0.15, 0.2) is 5.96 Å². The van der Waals surface area contributed by atoms with Crippen molar-refractivity contribution in [3.8, 4) is 0 Å². The van der Waals surface area contributed by atoms with Crippen LogP contribution < -0.4 is 11.1 Å². The van der Waals surface area contributed by atoms with Crippen molar-refractivity contribution in [2.45, 2.75) is 45.6 Å². The van der Waals surface area contributed by atoms with Crippen molar-refractivity contribution in [2.24, 2.45) is 10.7 Å². The molecule has 104 valence electrons. The summed E-state index contributed by atoms with van der Waals surface area (Å²) in [7, 11) is 0. The fraction of sp³-hybridized carbons (Fsp3) is 0.615. The summed E-state index contributed by atoms with van der Waals surface area (Å²) in [6, 6.07) is 4.22. The molecular weight excluding hydrogens is 357 g/mol. The Balaban J connectivity index is 0.00000289. The maximum atomic E-state index is 5.86. The molecule has 0 unspecified atom stereocenters. The lowest BCUT2D eigenvalue weighted by atomic mass is 9.92. The SMILES string of the molecule is CC(C)(C)NC(N)=NCC(C)(C)c1cccs1.I. The van der Waals surface area contributed by atoms with Gasteiger partial charge in [-0.3, -0.25) is 4.99 Å². The Kier molecular flexibility index (Phi) is 6.63. The van der Waals surface area contributed by atoms with Crippen molar-refractivity contribution in [3.63, 3.8) is 0 Å². The molecule has 0 radical (unpaired) electrons. The number of nitrogens with two attached hydrogens (primary N) is 1. The number of guanidine groups is 1. The molecule has 3 N–H and O–H groups in total. The highest BCUT2D eigenvalue weighted by atomic mass is 127. The van der Waals surface area contributed by atoms with Gasteiger partial charge >= 0.3 is 0 Å². The predicted octanol–water partition coefficient (Wildman–Crippen LogP) is 3.35. The van der Waals surface area contributed by atoms with E-state index in [1.807, 2.05) is 0 Å². The molecule has 0 aliphatic carbocycles. The normalized spacial score (nSPS) is 13.1. The highest BCUT2D eigenvalue weighted by Gasteiger charge is 2.21. The molecule has 0 aliphatic heterocycles. The minimum Gasteiger partial charge on any atom is -0.370 e. The first-order valence-electron chi connectivity index (χ1n) is 5.83. The molecule has 0 atom stereocenters. The average molecular weight is 381 g/mol. The Morgan fingerprint density at radius 1 is 1.33 bits per heavy atom. The standard InChI is InChI=1S/C13H23N3S.HI/c1-12(2,3)16-11(14)15-9-13(4,5)10-7-6-8-17-10;/h6-8H,9H2,1-5H3,(H3,14,15,16);1H. The van der Waals surface area contributed by atoms with E-state index in [1.165, 1.54) is 4.88 Å². The lowest BCUT2D eigenvalue weighted by Crippen LogP contribution is -2.45. The number of thiophene rings is 1. The van der Waals surface area contributed by atoms with E-state index in [1.54, 1.807) is 11.3 Å². The highest BCUT2D eigenvalue weighted by molar-refractivity contribution is 14.0. The lowest BCUT2D eigenvalue weighted by Gasteiger charge is -2.24. The van der Waals surface area contributed by atoms with Gasteiger partial charge in [-0.2, -0.15) is 0 Å². The summed E-state index contributed by atoms with van der Waals surface area (Å²) < 4.78 is 0. The third-order valence-corrected chi connectivity index (χ3v) is 3.57. The summed E-state index contributed by atoms with van der Waals surface area (Å²) in [6.45, 7) is 11.3. The van der Waals surface area contributed by atoms with Gasteiger partial charge in [0.2, 0.25) is 0 Å². The third-order valence-electron chi connectivity index (χ3n) is 2.34. The van der Waals surface area contributed by atoms with Gasteiger partial charge in [-0.05, 0) is 32.2 Å². The van der Waals surface area contributed by atoms with Gasteiger partial charge in [-0.1, -0.05) is 19.9 Å². The number of aliphatic imine (C=N–C) groups is 1. The Bertz CT molecular complexity index is 377. The zero-order valence-corrected chi connectivity index (χ0v) is 14.9. The van der Waals surface area contributed by atoms with Gasteiger partial charge in [-0.25, -0.2) is 0 Å². The molecule has 0 saturated carbocycles. The Hall–Kier alpha value is -0.300. The Morgan fingerprint density at radius 2 is 1.94 bits per heavy atom. The van der Waals surface area contributed by atoms with Gasteiger partial charge in [0.25, 0.3) is 0 Å². The Labute approximate surface area is 131 Å². The van der Waals surface area contributed by atoms with E-state index in [4.69, 9.17) is 5.73 Å². The summed E-state index contributed by atoms with van der Waals surface area (Å²) in [5, 5.41) is 5.26. The van der Waals surface area contributed by atoms with Crippen LogP contribution in [0.3, 0.4) is 0 Å². The number of nitrogens with one attached hydrogen (secondary N) is 1. The van der Waals surface area contributed by atoms with Crippen molar-refractivity contribution in [1.82, 2.24) is 5.32 Å². The maximum absolute atomic E-state index is 5.86. The minimum atomic E-state index is -0.0410. The number of rotatable bonds is 3. The van der Waals surface area contributed by atoms with Crippen LogP contribution in [0.4, 0.5) is 0 Å². The fourth-order valence-corrected chi connectivity index (χ4v) is 2.29. The van der Waals surface area contributed by atoms with E-state index >= 15 is 0 Å². The van der Waals surface area contributed by atoms with Crippen LogP contribution in [0.2, 0.25) is 0 Å². The second kappa shape index (κ2) is 6.75. The van der Waals surface area contributed by atoms with Crippen molar-refractivity contribution in [2.75, 3.05) is 6.54 Å². The molecule has 0 aromatic carbocycles. The van der Waals surface area contributed by atoms with Crippen LogP contribution >= 0.6 is 35.3 Å². The molecule has 1 aromatic heterocycles. The molecule has 1 heterocycles. The minimum absolute atomic E-state index is 0. The fourth-order valence-electron chi connectivity index (χ4n) is 1.45. The smallest absolute Gasteiger partial charge is 0.189 e. The first kappa shape index (κ1) is 17.7. The number of hydrogen-bond acceptors (Lipinski definition) is 2. The van der Waals surface area contributed by atoms with Crippen LogP contribution in [-0.2, 0) is 5.41 Å². The van der Waals surface area contributed by atoms with E-state index < -0.39 is 0 Å². The molecule has 0 saturated heterocycles. The van der Waals surface area contributed by atoms with Crippen LogP contribution in [0.5, 0.6) is 0 Å². The summed E-state index contributed by atoms with van der Waals surface area (Å²) >= 11 is 1.76.